The molecule has 0 aromatic heterocycles. The van der Waals surface area contributed by atoms with Crippen LogP contribution in [0.15, 0.2) is 30.3 Å². The Kier molecular flexibility index (Phi) is 3.94. The molecule has 5 heteroatoms. The number of aliphatic carboxylic acids is 1. The highest BCUT2D eigenvalue weighted by molar-refractivity contribution is 5.87. The first-order valence-corrected chi connectivity index (χ1v) is 7.04. The summed E-state index contributed by atoms with van der Waals surface area (Å²) >= 11 is 0. The predicted molar refractivity (Wildman–Crippen MR) is 78.2 cm³/mol. The molecule has 1 aliphatic rings. The van der Waals surface area contributed by atoms with E-state index < -0.39 is 23.2 Å². The van der Waals surface area contributed by atoms with Gasteiger partial charge in [-0.1, -0.05) is 30.3 Å². The van der Waals surface area contributed by atoms with Crippen LogP contribution < -0.4 is 5.32 Å². The number of benzene rings is 1. The average molecular weight is 291 g/mol. The first-order chi connectivity index (χ1) is 9.74. The maximum absolute atomic E-state index is 12.0. The van der Waals surface area contributed by atoms with E-state index in [0.717, 1.165) is 12.0 Å². The number of hydrogen-bond acceptors (Lipinski definition) is 3. The van der Waals surface area contributed by atoms with Gasteiger partial charge in [-0.2, -0.15) is 0 Å². The number of carbonyl (C=O) groups is 2. The highest BCUT2D eigenvalue weighted by atomic mass is 16.6. The lowest BCUT2D eigenvalue weighted by Crippen LogP contribution is -2.64. The van der Waals surface area contributed by atoms with Crippen molar-refractivity contribution in [2.45, 2.75) is 50.7 Å². The van der Waals surface area contributed by atoms with E-state index in [1.165, 1.54) is 0 Å². The zero-order valence-corrected chi connectivity index (χ0v) is 12.6. The fourth-order valence-corrected chi connectivity index (χ4v) is 2.66. The minimum absolute atomic E-state index is 0.233. The Morgan fingerprint density at radius 1 is 1.29 bits per heavy atom. The van der Waals surface area contributed by atoms with E-state index in [-0.39, 0.29) is 5.92 Å². The van der Waals surface area contributed by atoms with E-state index in [2.05, 4.69) is 5.32 Å². The second kappa shape index (κ2) is 5.39. The summed E-state index contributed by atoms with van der Waals surface area (Å²) in [5.74, 6) is -1.25. The Labute approximate surface area is 124 Å². The number of carboxylic acid groups (broad SMARTS) is 1. The Morgan fingerprint density at radius 2 is 1.90 bits per heavy atom. The summed E-state index contributed by atoms with van der Waals surface area (Å²) in [6, 6.07) is 9.39. The molecule has 21 heavy (non-hydrogen) atoms. The molecule has 0 heterocycles. The monoisotopic (exact) mass is 291 g/mol. The van der Waals surface area contributed by atoms with E-state index >= 15 is 0 Å². The summed E-state index contributed by atoms with van der Waals surface area (Å²) in [7, 11) is 0. The van der Waals surface area contributed by atoms with Crippen LogP contribution in [0.5, 0.6) is 0 Å². The molecular formula is C16H21NO4. The van der Waals surface area contributed by atoms with Crippen molar-refractivity contribution in [3.63, 3.8) is 0 Å². The van der Waals surface area contributed by atoms with Gasteiger partial charge < -0.3 is 15.2 Å². The molecule has 2 atom stereocenters. The van der Waals surface area contributed by atoms with Gasteiger partial charge in [-0.05, 0) is 39.2 Å². The van der Waals surface area contributed by atoms with E-state index in [9.17, 15) is 14.7 Å². The second-order valence-corrected chi connectivity index (χ2v) is 6.41. The van der Waals surface area contributed by atoms with E-state index in [4.69, 9.17) is 4.74 Å². The summed E-state index contributed by atoms with van der Waals surface area (Å²) in [6.45, 7) is 5.24. The third kappa shape index (κ3) is 3.17. The van der Waals surface area contributed by atoms with Gasteiger partial charge in [-0.15, -0.1) is 0 Å². The summed E-state index contributed by atoms with van der Waals surface area (Å²) < 4.78 is 5.19. The van der Waals surface area contributed by atoms with Gasteiger partial charge in [0.2, 0.25) is 0 Å². The van der Waals surface area contributed by atoms with Crippen LogP contribution in [-0.2, 0) is 9.53 Å². The summed E-state index contributed by atoms with van der Waals surface area (Å²) in [6.07, 6.45) is 0.443. The minimum atomic E-state index is -1.27. The van der Waals surface area contributed by atoms with Crippen molar-refractivity contribution >= 4 is 12.1 Å². The van der Waals surface area contributed by atoms with Crippen LogP contribution in [0.1, 0.15) is 45.1 Å². The molecule has 114 valence electrons. The SMILES string of the molecule is CC(C)(C)OC(=O)NC1(C(=O)O)CCC1c1ccccc1. The number of amides is 1. The summed E-state index contributed by atoms with van der Waals surface area (Å²) in [4.78, 5) is 23.7. The van der Waals surface area contributed by atoms with E-state index in [1.54, 1.807) is 20.8 Å². The lowest BCUT2D eigenvalue weighted by molar-refractivity contribution is -0.150. The number of nitrogens with one attached hydrogen (secondary N) is 1. The van der Waals surface area contributed by atoms with Gasteiger partial charge in [0.1, 0.15) is 11.1 Å². The van der Waals surface area contributed by atoms with Crippen LogP contribution in [0.4, 0.5) is 4.79 Å². The number of carboxylic acids is 1. The predicted octanol–water partition coefficient (Wildman–Crippen LogP) is 2.91. The zero-order valence-electron chi connectivity index (χ0n) is 12.6. The maximum Gasteiger partial charge on any atom is 0.408 e. The molecule has 2 N–H and O–H groups in total. The smallest absolute Gasteiger partial charge is 0.408 e. The largest absolute Gasteiger partial charge is 0.479 e. The standard InChI is InChI=1S/C16H21NO4/c1-15(2,3)21-14(20)17-16(13(18)19)10-9-12(16)11-7-5-4-6-8-11/h4-8,12H,9-10H2,1-3H3,(H,17,20)(H,18,19). The van der Waals surface area contributed by atoms with E-state index in [0.29, 0.717) is 6.42 Å². The maximum atomic E-state index is 12.0. The van der Waals surface area contributed by atoms with Crippen molar-refractivity contribution in [1.82, 2.24) is 5.32 Å². The highest BCUT2D eigenvalue weighted by Crippen LogP contribution is 2.46. The summed E-state index contributed by atoms with van der Waals surface area (Å²) in [5, 5.41) is 12.2. The van der Waals surface area contributed by atoms with Gasteiger partial charge in [0.05, 0.1) is 0 Å². The van der Waals surface area contributed by atoms with Gasteiger partial charge in [0.15, 0.2) is 0 Å². The minimum Gasteiger partial charge on any atom is -0.479 e. The van der Waals surface area contributed by atoms with Crippen molar-refractivity contribution in [2.24, 2.45) is 0 Å². The lowest BCUT2D eigenvalue weighted by atomic mass is 9.63. The van der Waals surface area contributed by atoms with Crippen molar-refractivity contribution in [3.05, 3.63) is 35.9 Å². The molecule has 2 rings (SSSR count). The molecule has 1 saturated carbocycles. The molecule has 0 radical (unpaired) electrons. The second-order valence-electron chi connectivity index (χ2n) is 6.41. The van der Waals surface area contributed by atoms with Crippen LogP contribution in [0, 0.1) is 0 Å². The normalized spacial score (nSPS) is 24.8. The molecule has 1 fully saturated rings. The number of rotatable bonds is 3. The average Bonchev–Trinajstić information content (AvgIpc) is 2.33. The fraction of sp³-hybridized carbons (Fsp3) is 0.500. The molecule has 1 amide bonds. The first-order valence-electron chi connectivity index (χ1n) is 7.04. The van der Waals surface area contributed by atoms with E-state index in [1.807, 2.05) is 30.3 Å². The van der Waals surface area contributed by atoms with Crippen LogP contribution in [0.25, 0.3) is 0 Å². The Morgan fingerprint density at radius 3 is 2.33 bits per heavy atom. The Bertz CT molecular complexity index is 535. The van der Waals surface area contributed by atoms with Crippen LogP contribution in [0.3, 0.4) is 0 Å². The first kappa shape index (κ1) is 15.4. The number of hydrogen-bond donors (Lipinski definition) is 2. The Balaban J connectivity index is 2.19. The third-order valence-corrected chi connectivity index (χ3v) is 3.73. The molecule has 2 unspecified atom stereocenters. The molecular weight excluding hydrogens is 270 g/mol. The quantitative estimate of drug-likeness (QED) is 0.897. The van der Waals surface area contributed by atoms with Gasteiger partial charge in [0.25, 0.3) is 0 Å². The Hall–Kier alpha value is -2.04. The lowest BCUT2D eigenvalue weighted by Gasteiger charge is -2.46. The topological polar surface area (TPSA) is 75.6 Å². The number of ether oxygens (including phenoxy) is 1. The third-order valence-electron chi connectivity index (χ3n) is 3.73. The van der Waals surface area contributed by atoms with Crippen LogP contribution >= 0.6 is 0 Å². The summed E-state index contributed by atoms with van der Waals surface area (Å²) in [5.41, 5.74) is -1.01. The molecule has 0 aliphatic heterocycles. The van der Waals surface area contributed by atoms with Gasteiger partial charge in [-0.25, -0.2) is 9.59 Å². The molecule has 1 aliphatic carbocycles. The van der Waals surface area contributed by atoms with Crippen molar-refractivity contribution in [3.8, 4) is 0 Å². The van der Waals surface area contributed by atoms with Gasteiger partial charge in [0, 0.05) is 5.92 Å². The fourth-order valence-electron chi connectivity index (χ4n) is 2.66. The molecule has 0 spiro atoms. The number of alkyl carbamates (subject to hydrolysis) is 1. The van der Waals surface area contributed by atoms with Crippen LogP contribution in [-0.4, -0.2) is 28.3 Å². The van der Waals surface area contributed by atoms with Crippen molar-refractivity contribution in [2.75, 3.05) is 0 Å². The molecule has 1 aromatic rings. The number of carbonyl (C=O) groups excluding carboxylic acids is 1. The molecule has 0 bridgehead atoms. The molecule has 1 aromatic carbocycles. The highest BCUT2D eigenvalue weighted by Gasteiger charge is 2.55. The van der Waals surface area contributed by atoms with Crippen LogP contribution in [0.2, 0.25) is 0 Å². The molecule has 0 saturated heterocycles. The van der Waals surface area contributed by atoms with Crippen molar-refractivity contribution < 1.29 is 19.4 Å². The zero-order chi connectivity index (χ0) is 15.7. The van der Waals surface area contributed by atoms with Gasteiger partial charge >= 0.3 is 12.1 Å². The molecule has 5 nitrogen and oxygen atoms in total. The van der Waals surface area contributed by atoms with Gasteiger partial charge in [-0.3, -0.25) is 0 Å². The van der Waals surface area contributed by atoms with Crippen molar-refractivity contribution in [1.29, 1.82) is 0 Å².